The second-order valence-corrected chi connectivity index (χ2v) is 8.69. The molecule has 0 aromatic carbocycles. The smallest absolute Gasteiger partial charge is 0.267 e. The Kier molecular flexibility index (Phi) is 3.53. The van der Waals surface area contributed by atoms with Gasteiger partial charge in [0.15, 0.2) is 0 Å². The lowest BCUT2D eigenvalue weighted by molar-refractivity contribution is 0.0691. The van der Waals surface area contributed by atoms with Crippen LogP contribution in [0.5, 0.6) is 0 Å². The molecule has 3 rings (SSSR count). The van der Waals surface area contributed by atoms with Crippen molar-refractivity contribution >= 4 is 27.5 Å². The van der Waals surface area contributed by atoms with Gasteiger partial charge in [-0.25, -0.2) is 13.1 Å². The maximum Gasteiger partial charge on any atom is 0.267 e. The summed E-state index contributed by atoms with van der Waals surface area (Å²) in [4.78, 5) is 14.9. The quantitative estimate of drug-likeness (QED) is 0.865. The number of nitrogens with one attached hydrogen (secondary N) is 1. The number of amides is 1. The van der Waals surface area contributed by atoms with E-state index in [0.717, 1.165) is 37.3 Å². The van der Waals surface area contributed by atoms with Crippen molar-refractivity contribution in [3.63, 3.8) is 0 Å². The van der Waals surface area contributed by atoms with E-state index in [4.69, 9.17) is 0 Å². The van der Waals surface area contributed by atoms with E-state index in [2.05, 4.69) is 14.3 Å². The van der Waals surface area contributed by atoms with E-state index in [-0.39, 0.29) is 17.4 Å². The van der Waals surface area contributed by atoms with Crippen LogP contribution in [-0.4, -0.2) is 54.2 Å². The van der Waals surface area contributed by atoms with Crippen molar-refractivity contribution < 1.29 is 13.2 Å². The summed E-state index contributed by atoms with van der Waals surface area (Å²) in [5, 5.41) is 3.88. The molecule has 0 atom stereocenters. The maximum absolute atomic E-state index is 12.4. The fourth-order valence-corrected chi connectivity index (χ4v) is 4.78. The molecule has 116 valence electrons. The van der Waals surface area contributed by atoms with Crippen LogP contribution in [0.25, 0.3) is 0 Å². The average molecular weight is 330 g/mol. The van der Waals surface area contributed by atoms with Gasteiger partial charge in [-0.15, -0.1) is 5.10 Å². The molecule has 2 aliphatic rings. The number of likely N-dealkylation sites (tertiary alicyclic amines) is 1. The lowest BCUT2D eigenvalue weighted by Crippen LogP contribution is -2.51. The Morgan fingerprint density at radius 3 is 2.76 bits per heavy atom. The number of aromatic nitrogens is 2. The van der Waals surface area contributed by atoms with Crippen LogP contribution in [-0.2, 0) is 10.0 Å². The molecule has 0 unspecified atom stereocenters. The van der Waals surface area contributed by atoms with Gasteiger partial charge in [-0.05, 0) is 43.1 Å². The van der Waals surface area contributed by atoms with Gasteiger partial charge < -0.3 is 4.90 Å². The Balaban J connectivity index is 1.60. The molecule has 1 aromatic rings. The SMILES string of the molecule is Cc1nnsc1C(=O)N1CCC2(CC(NS(C)(=O)=O)C2)C1. The predicted molar refractivity (Wildman–Crippen MR) is 78.6 cm³/mol. The molecule has 9 heteroatoms. The maximum atomic E-state index is 12.4. The zero-order chi connectivity index (χ0) is 15.3. The standard InChI is InChI=1S/C12H18N4O3S2/c1-8-10(20-15-13-8)11(17)16-4-3-12(7-16)5-9(6-12)14-21(2,18)19/h9,14H,3-7H2,1-2H3. The van der Waals surface area contributed by atoms with Gasteiger partial charge in [0.2, 0.25) is 10.0 Å². The number of carbonyl (C=O) groups is 1. The van der Waals surface area contributed by atoms with Crippen LogP contribution in [0.4, 0.5) is 0 Å². The van der Waals surface area contributed by atoms with Gasteiger partial charge in [-0.2, -0.15) is 0 Å². The molecule has 1 aliphatic carbocycles. The molecule has 0 radical (unpaired) electrons. The van der Waals surface area contributed by atoms with E-state index in [9.17, 15) is 13.2 Å². The van der Waals surface area contributed by atoms with Crippen LogP contribution in [0.1, 0.15) is 34.6 Å². The van der Waals surface area contributed by atoms with Crippen molar-refractivity contribution in [2.75, 3.05) is 19.3 Å². The van der Waals surface area contributed by atoms with E-state index < -0.39 is 10.0 Å². The van der Waals surface area contributed by atoms with E-state index in [1.54, 1.807) is 6.92 Å². The number of hydrogen-bond acceptors (Lipinski definition) is 6. The molecular weight excluding hydrogens is 312 g/mol. The minimum atomic E-state index is -3.15. The molecule has 1 spiro atoms. The first-order chi connectivity index (χ1) is 9.78. The average Bonchev–Trinajstić information content (AvgIpc) is 2.92. The Hall–Kier alpha value is -1.06. The van der Waals surface area contributed by atoms with Gasteiger partial charge in [0.05, 0.1) is 11.9 Å². The fourth-order valence-electron chi connectivity index (χ4n) is 3.38. The van der Waals surface area contributed by atoms with Gasteiger partial charge in [0, 0.05) is 19.1 Å². The molecule has 1 aromatic heterocycles. The summed E-state index contributed by atoms with van der Waals surface area (Å²) < 4.78 is 28.9. The normalized spacial score (nSPS) is 28.9. The molecular formula is C12H18N4O3S2. The van der Waals surface area contributed by atoms with Gasteiger partial charge in [-0.3, -0.25) is 4.79 Å². The van der Waals surface area contributed by atoms with E-state index in [0.29, 0.717) is 17.1 Å². The van der Waals surface area contributed by atoms with Crippen molar-refractivity contribution in [2.24, 2.45) is 5.41 Å². The first-order valence-corrected chi connectivity index (χ1v) is 9.50. The molecule has 1 aliphatic heterocycles. The highest BCUT2D eigenvalue weighted by Crippen LogP contribution is 2.48. The number of aryl methyl sites for hydroxylation is 1. The third-order valence-corrected chi connectivity index (χ3v) is 5.89. The van der Waals surface area contributed by atoms with Crippen molar-refractivity contribution in [3.05, 3.63) is 10.6 Å². The van der Waals surface area contributed by atoms with Crippen LogP contribution in [0.15, 0.2) is 0 Å². The zero-order valence-electron chi connectivity index (χ0n) is 12.0. The molecule has 1 N–H and O–H groups in total. The summed E-state index contributed by atoms with van der Waals surface area (Å²) in [6, 6.07) is 0.0156. The van der Waals surface area contributed by atoms with E-state index in [1.807, 2.05) is 4.90 Å². The topological polar surface area (TPSA) is 92.3 Å². The second-order valence-electron chi connectivity index (χ2n) is 6.16. The lowest BCUT2D eigenvalue weighted by Gasteiger charge is -2.45. The Morgan fingerprint density at radius 2 is 2.19 bits per heavy atom. The molecule has 1 saturated heterocycles. The van der Waals surface area contributed by atoms with Gasteiger partial charge in [0.1, 0.15) is 4.88 Å². The van der Waals surface area contributed by atoms with Crippen LogP contribution >= 0.6 is 11.5 Å². The minimum absolute atomic E-state index is 0.00102. The highest BCUT2D eigenvalue weighted by molar-refractivity contribution is 7.88. The molecule has 21 heavy (non-hydrogen) atoms. The molecule has 2 fully saturated rings. The second kappa shape index (κ2) is 4.99. The minimum Gasteiger partial charge on any atom is -0.337 e. The predicted octanol–water partition coefficient (Wildman–Crippen LogP) is 0.390. The van der Waals surface area contributed by atoms with E-state index in [1.165, 1.54) is 6.26 Å². The third-order valence-electron chi connectivity index (χ3n) is 4.31. The molecule has 1 saturated carbocycles. The largest absolute Gasteiger partial charge is 0.337 e. The van der Waals surface area contributed by atoms with Crippen LogP contribution in [0.3, 0.4) is 0 Å². The van der Waals surface area contributed by atoms with Crippen LogP contribution in [0.2, 0.25) is 0 Å². The van der Waals surface area contributed by atoms with Gasteiger partial charge >= 0.3 is 0 Å². The van der Waals surface area contributed by atoms with Gasteiger partial charge in [-0.1, -0.05) is 4.49 Å². The summed E-state index contributed by atoms with van der Waals surface area (Å²) in [6.07, 6.45) is 3.74. The van der Waals surface area contributed by atoms with Crippen molar-refractivity contribution in [2.45, 2.75) is 32.2 Å². The van der Waals surface area contributed by atoms with Crippen LogP contribution in [0, 0.1) is 12.3 Å². The van der Waals surface area contributed by atoms with Crippen molar-refractivity contribution in [1.29, 1.82) is 0 Å². The monoisotopic (exact) mass is 330 g/mol. The molecule has 7 nitrogen and oxygen atoms in total. The molecule has 1 amide bonds. The highest BCUT2D eigenvalue weighted by atomic mass is 32.2. The Morgan fingerprint density at radius 1 is 1.48 bits per heavy atom. The van der Waals surface area contributed by atoms with E-state index >= 15 is 0 Å². The number of hydrogen-bond donors (Lipinski definition) is 1. The summed E-state index contributed by atoms with van der Waals surface area (Å²) in [7, 11) is -3.15. The van der Waals surface area contributed by atoms with Crippen molar-refractivity contribution in [1.82, 2.24) is 19.2 Å². The summed E-state index contributed by atoms with van der Waals surface area (Å²) in [5.74, 6) is -0.00102. The first kappa shape index (κ1) is 14.9. The Bertz CT molecular complexity index is 664. The Labute approximate surface area is 127 Å². The summed E-state index contributed by atoms with van der Waals surface area (Å²) >= 11 is 1.13. The molecule has 2 heterocycles. The number of carbonyl (C=O) groups excluding carboxylic acids is 1. The van der Waals surface area contributed by atoms with Gasteiger partial charge in [0.25, 0.3) is 5.91 Å². The number of rotatable bonds is 3. The third kappa shape index (κ3) is 2.95. The van der Waals surface area contributed by atoms with Crippen molar-refractivity contribution in [3.8, 4) is 0 Å². The zero-order valence-corrected chi connectivity index (χ0v) is 13.6. The molecule has 0 bridgehead atoms. The number of nitrogens with zero attached hydrogens (tertiary/aromatic N) is 3. The number of sulfonamides is 1. The summed E-state index contributed by atoms with van der Waals surface area (Å²) in [6.45, 7) is 3.21. The van der Waals surface area contributed by atoms with Crippen LogP contribution < -0.4 is 4.72 Å². The highest BCUT2D eigenvalue weighted by Gasteiger charge is 2.50. The first-order valence-electron chi connectivity index (χ1n) is 6.84. The fraction of sp³-hybridized carbons (Fsp3) is 0.750. The summed E-state index contributed by atoms with van der Waals surface area (Å²) in [5.41, 5.74) is 0.764. The lowest BCUT2D eigenvalue weighted by atomic mass is 9.65.